The Kier molecular flexibility index (Phi) is 4.58. The van der Waals surface area contributed by atoms with Crippen molar-refractivity contribution in [1.29, 1.82) is 0 Å². The van der Waals surface area contributed by atoms with Crippen molar-refractivity contribution in [3.63, 3.8) is 0 Å². The van der Waals surface area contributed by atoms with Gasteiger partial charge in [-0.3, -0.25) is 9.59 Å². The predicted octanol–water partition coefficient (Wildman–Crippen LogP) is 2.37. The maximum Gasteiger partial charge on any atom is 0.173 e. The molecule has 0 unspecified atom stereocenters. The fraction of sp³-hybridized carbons (Fsp3) is 0.429. The van der Waals surface area contributed by atoms with Crippen LogP contribution >= 0.6 is 0 Å². The van der Waals surface area contributed by atoms with E-state index in [0.29, 0.717) is 0 Å². The molecule has 0 aromatic heterocycles. The van der Waals surface area contributed by atoms with Crippen molar-refractivity contribution in [2.75, 3.05) is 0 Å². The Morgan fingerprint density at radius 1 is 1.18 bits per heavy atom. The highest BCUT2D eigenvalue weighted by Crippen LogP contribution is 2.13. The van der Waals surface area contributed by atoms with Gasteiger partial charge in [-0.05, 0) is 38.8 Å². The molecule has 0 saturated heterocycles. The molecular weight excluding hydrogens is 216 g/mol. The topological polar surface area (TPSA) is 43.4 Å². The van der Waals surface area contributed by atoms with Crippen LogP contribution in [0, 0.1) is 13.8 Å². The zero-order valence-corrected chi connectivity index (χ0v) is 10.7. The Balaban J connectivity index is 2.72. The lowest BCUT2D eigenvalue weighted by Gasteiger charge is -2.13. The number of hydrogen-bond acceptors (Lipinski definition) is 3. The van der Waals surface area contributed by atoms with Crippen LogP contribution in [0.2, 0.25) is 0 Å². The van der Waals surface area contributed by atoms with Crippen molar-refractivity contribution in [1.82, 2.24) is 0 Å². The normalized spacial score (nSPS) is 10.6. The van der Waals surface area contributed by atoms with Gasteiger partial charge in [-0.1, -0.05) is 23.8 Å². The molecule has 0 saturated carbocycles. The SMILES string of the molecule is CC(=O)C(OCc1ccc(C)cc1C)C(C)=O. The Morgan fingerprint density at radius 2 is 1.76 bits per heavy atom. The van der Waals surface area contributed by atoms with Crippen molar-refractivity contribution in [3.05, 3.63) is 34.9 Å². The molecule has 0 aliphatic heterocycles. The monoisotopic (exact) mass is 234 g/mol. The molecule has 1 aromatic carbocycles. The minimum absolute atomic E-state index is 0.248. The van der Waals surface area contributed by atoms with Gasteiger partial charge in [-0.15, -0.1) is 0 Å². The molecule has 1 aromatic rings. The summed E-state index contributed by atoms with van der Waals surface area (Å²) < 4.78 is 5.37. The predicted molar refractivity (Wildman–Crippen MR) is 65.9 cm³/mol. The van der Waals surface area contributed by atoms with Crippen LogP contribution in [0.3, 0.4) is 0 Å². The Hall–Kier alpha value is -1.48. The lowest BCUT2D eigenvalue weighted by Crippen LogP contribution is -2.29. The first kappa shape index (κ1) is 13.6. The molecule has 0 radical (unpaired) electrons. The summed E-state index contributed by atoms with van der Waals surface area (Å²) in [6.45, 7) is 7.03. The number of Topliss-reactive ketones (excluding diaryl/α,β-unsaturated/α-hetero) is 2. The van der Waals surface area contributed by atoms with Gasteiger partial charge >= 0.3 is 0 Å². The minimum atomic E-state index is -0.935. The summed E-state index contributed by atoms with van der Waals surface area (Å²) in [6, 6.07) is 6.00. The molecule has 0 atom stereocenters. The molecule has 3 nitrogen and oxygen atoms in total. The number of hydrogen-bond donors (Lipinski definition) is 0. The van der Waals surface area contributed by atoms with Gasteiger partial charge < -0.3 is 4.74 Å². The van der Waals surface area contributed by atoms with Crippen LogP contribution < -0.4 is 0 Å². The lowest BCUT2D eigenvalue weighted by molar-refractivity contribution is -0.141. The number of carbonyl (C=O) groups excluding carboxylic acids is 2. The molecule has 0 aliphatic carbocycles. The van der Waals surface area contributed by atoms with E-state index in [4.69, 9.17) is 4.74 Å². The highest BCUT2D eigenvalue weighted by atomic mass is 16.5. The zero-order valence-electron chi connectivity index (χ0n) is 10.7. The largest absolute Gasteiger partial charge is 0.358 e. The first-order valence-corrected chi connectivity index (χ1v) is 5.60. The standard InChI is InChI=1S/C14H18O3/c1-9-5-6-13(10(2)7-9)8-17-14(11(3)15)12(4)16/h5-7,14H,8H2,1-4H3. The van der Waals surface area contributed by atoms with E-state index in [-0.39, 0.29) is 18.2 Å². The fourth-order valence-corrected chi connectivity index (χ4v) is 1.70. The average molecular weight is 234 g/mol. The molecule has 3 heteroatoms. The van der Waals surface area contributed by atoms with Crippen LogP contribution in [0.15, 0.2) is 18.2 Å². The lowest BCUT2D eigenvalue weighted by atomic mass is 10.1. The number of ether oxygens (including phenoxy) is 1. The maximum atomic E-state index is 11.2. The summed E-state index contributed by atoms with van der Waals surface area (Å²) in [4.78, 5) is 22.4. The van der Waals surface area contributed by atoms with Crippen molar-refractivity contribution in [2.45, 2.75) is 40.4 Å². The molecule has 0 heterocycles. The van der Waals surface area contributed by atoms with E-state index in [1.807, 2.05) is 26.0 Å². The zero-order chi connectivity index (χ0) is 13.0. The van der Waals surface area contributed by atoms with Gasteiger partial charge in [0.05, 0.1) is 6.61 Å². The van der Waals surface area contributed by atoms with E-state index in [1.165, 1.54) is 19.4 Å². The Labute approximate surface area is 102 Å². The Bertz CT molecular complexity index is 421. The molecule has 0 amide bonds. The summed E-state index contributed by atoms with van der Waals surface area (Å²) in [5.41, 5.74) is 3.29. The number of rotatable bonds is 5. The number of aryl methyl sites for hydroxylation is 2. The second-order valence-corrected chi connectivity index (χ2v) is 4.34. The second kappa shape index (κ2) is 5.73. The van der Waals surface area contributed by atoms with E-state index in [1.54, 1.807) is 0 Å². The van der Waals surface area contributed by atoms with Crippen LogP contribution in [0.5, 0.6) is 0 Å². The van der Waals surface area contributed by atoms with Gasteiger partial charge in [-0.2, -0.15) is 0 Å². The number of carbonyl (C=O) groups is 2. The molecular formula is C14H18O3. The molecule has 17 heavy (non-hydrogen) atoms. The van der Waals surface area contributed by atoms with E-state index in [0.717, 1.165) is 11.1 Å². The summed E-state index contributed by atoms with van der Waals surface area (Å²) in [7, 11) is 0. The molecule has 92 valence electrons. The maximum absolute atomic E-state index is 11.2. The molecule has 0 spiro atoms. The summed E-state index contributed by atoms with van der Waals surface area (Å²) in [6.07, 6.45) is -0.935. The third kappa shape index (κ3) is 3.79. The van der Waals surface area contributed by atoms with E-state index in [2.05, 4.69) is 6.07 Å². The Morgan fingerprint density at radius 3 is 2.24 bits per heavy atom. The quantitative estimate of drug-likeness (QED) is 0.734. The third-order valence-corrected chi connectivity index (χ3v) is 2.64. The second-order valence-electron chi connectivity index (χ2n) is 4.34. The van der Waals surface area contributed by atoms with Gasteiger partial charge in [0.15, 0.2) is 17.7 Å². The van der Waals surface area contributed by atoms with Gasteiger partial charge in [-0.25, -0.2) is 0 Å². The highest BCUT2D eigenvalue weighted by molar-refractivity contribution is 6.03. The molecule has 0 aliphatic rings. The van der Waals surface area contributed by atoms with Crippen molar-refractivity contribution < 1.29 is 14.3 Å². The summed E-state index contributed by atoms with van der Waals surface area (Å²) >= 11 is 0. The van der Waals surface area contributed by atoms with E-state index < -0.39 is 6.10 Å². The summed E-state index contributed by atoms with van der Waals surface area (Å²) in [5.74, 6) is -0.496. The van der Waals surface area contributed by atoms with Gasteiger partial charge in [0.25, 0.3) is 0 Å². The van der Waals surface area contributed by atoms with Gasteiger partial charge in [0.1, 0.15) is 0 Å². The van der Waals surface area contributed by atoms with Gasteiger partial charge in [0, 0.05) is 0 Å². The van der Waals surface area contributed by atoms with Crippen LogP contribution in [-0.4, -0.2) is 17.7 Å². The number of ketones is 2. The van der Waals surface area contributed by atoms with Crippen LogP contribution in [-0.2, 0) is 20.9 Å². The fourth-order valence-electron chi connectivity index (χ4n) is 1.70. The first-order chi connectivity index (χ1) is 7.91. The van der Waals surface area contributed by atoms with Crippen LogP contribution in [0.4, 0.5) is 0 Å². The van der Waals surface area contributed by atoms with Crippen LogP contribution in [0.25, 0.3) is 0 Å². The van der Waals surface area contributed by atoms with Crippen molar-refractivity contribution >= 4 is 11.6 Å². The summed E-state index contributed by atoms with van der Waals surface area (Å²) in [5, 5.41) is 0. The van der Waals surface area contributed by atoms with E-state index in [9.17, 15) is 9.59 Å². The smallest absolute Gasteiger partial charge is 0.173 e. The molecule has 0 bridgehead atoms. The molecule has 0 fully saturated rings. The third-order valence-electron chi connectivity index (χ3n) is 2.64. The average Bonchev–Trinajstić information content (AvgIpc) is 2.20. The minimum Gasteiger partial charge on any atom is -0.358 e. The van der Waals surface area contributed by atoms with E-state index >= 15 is 0 Å². The molecule has 1 rings (SSSR count). The highest BCUT2D eigenvalue weighted by Gasteiger charge is 2.20. The van der Waals surface area contributed by atoms with Crippen molar-refractivity contribution in [3.8, 4) is 0 Å². The first-order valence-electron chi connectivity index (χ1n) is 5.60. The number of benzene rings is 1. The van der Waals surface area contributed by atoms with Gasteiger partial charge in [0.2, 0.25) is 0 Å². The van der Waals surface area contributed by atoms with Crippen molar-refractivity contribution in [2.24, 2.45) is 0 Å². The molecule has 0 N–H and O–H groups in total. The van der Waals surface area contributed by atoms with Crippen LogP contribution in [0.1, 0.15) is 30.5 Å².